The second kappa shape index (κ2) is 12.1. The van der Waals surface area contributed by atoms with Crippen molar-refractivity contribution in [1.82, 2.24) is 16.0 Å². The molecule has 1 aromatic carbocycles. The van der Waals surface area contributed by atoms with E-state index in [4.69, 9.17) is 0 Å². The van der Waals surface area contributed by atoms with Gasteiger partial charge < -0.3 is 16.0 Å². The van der Waals surface area contributed by atoms with Crippen molar-refractivity contribution < 1.29 is 9.18 Å². The van der Waals surface area contributed by atoms with E-state index in [1.807, 2.05) is 27.7 Å². The number of nitrogens with one attached hydrogen (secondary N) is 3. The van der Waals surface area contributed by atoms with Crippen molar-refractivity contribution >= 4 is 35.8 Å². The number of carbonyl (C=O) groups excluding carboxylic acids is 1. The average molecular weight is 464 g/mol. The quantitative estimate of drug-likeness (QED) is 0.315. The van der Waals surface area contributed by atoms with E-state index >= 15 is 0 Å². The van der Waals surface area contributed by atoms with Crippen LogP contribution in [0.5, 0.6) is 0 Å². The highest BCUT2D eigenvalue weighted by molar-refractivity contribution is 14.0. The summed E-state index contributed by atoms with van der Waals surface area (Å²) in [6.07, 6.45) is 0.768. The van der Waals surface area contributed by atoms with E-state index < -0.39 is 5.41 Å². The Balaban J connectivity index is 0.00000576. The van der Waals surface area contributed by atoms with E-state index in [1.54, 1.807) is 12.1 Å². The summed E-state index contributed by atoms with van der Waals surface area (Å²) < 4.78 is 12.9. The van der Waals surface area contributed by atoms with Crippen molar-refractivity contribution in [1.29, 1.82) is 0 Å². The molecule has 7 heteroatoms. The Hall–Kier alpha value is -1.38. The zero-order valence-electron chi connectivity index (χ0n) is 15.5. The normalized spacial score (nSPS) is 11.5. The molecule has 5 nitrogen and oxygen atoms in total. The number of hydrogen-bond donors (Lipinski definition) is 3. The minimum absolute atomic E-state index is 0. The van der Waals surface area contributed by atoms with E-state index in [9.17, 15) is 9.18 Å². The molecular weight excluding hydrogens is 434 g/mol. The van der Waals surface area contributed by atoms with Gasteiger partial charge in [-0.25, -0.2) is 4.39 Å². The Kier molecular flexibility index (Phi) is 11.4. The van der Waals surface area contributed by atoms with Crippen LogP contribution in [0, 0.1) is 11.2 Å². The third kappa shape index (κ3) is 9.04. The molecule has 0 aliphatic carbocycles. The first-order chi connectivity index (χ1) is 11.4. The van der Waals surface area contributed by atoms with E-state index in [1.165, 1.54) is 12.1 Å². The summed E-state index contributed by atoms with van der Waals surface area (Å²) in [6, 6.07) is 6.48. The molecule has 0 atom stereocenters. The van der Waals surface area contributed by atoms with E-state index in [-0.39, 0.29) is 35.7 Å². The van der Waals surface area contributed by atoms with Gasteiger partial charge in [-0.3, -0.25) is 9.79 Å². The fourth-order valence-electron chi connectivity index (χ4n) is 2.07. The van der Waals surface area contributed by atoms with Crippen LogP contribution >= 0.6 is 24.0 Å². The molecule has 1 aromatic rings. The van der Waals surface area contributed by atoms with E-state index in [0.717, 1.165) is 18.5 Å². The number of amides is 1. The number of aliphatic imine (C=N–C) groups is 1. The summed E-state index contributed by atoms with van der Waals surface area (Å²) in [5, 5.41) is 9.24. The van der Waals surface area contributed by atoms with Crippen LogP contribution in [0.4, 0.5) is 4.39 Å². The Morgan fingerprint density at radius 3 is 2.24 bits per heavy atom. The SMILES string of the molecule is CCNC(=O)C(C)(C)CN=C(NCC)NCCc1ccc(F)cc1.I. The van der Waals surface area contributed by atoms with Gasteiger partial charge in [-0.1, -0.05) is 12.1 Å². The molecule has 0 aliphatic heterocycles. The molecule has 3 N–H and O–H groups in total. The lowest BCUT2D eigenvalue weighted by Gasteiger charge is -2.22. The minimum atomic E-state index is -0.560. The summed E-state index contributed by atoms with van der Waals surface area (Å²) in [5.74, 6) is 0.446. The van der Waals surface area contributed by atoms with Gasteiger partial charge in [-0.2, -0.15) is 0 Å². The fourth-order valence-corrected chi connectivity index (χ4v) is 2.07. The predicted molar refractivity (Wildman–Crippen MR) is 112 cm³/mol. The van der Waals surface area contributed by atoms with Crippen LogP contribution in [0.25, 0.3) is 0 Å². The molecule has 25 heavy (non-hydrogen) atoms. The van der Waals surface area contributed by atoms with Crippen LogP contribution in [0.15, 0.2) is 29.3 Å². The van der Waals surface area contributed by atoms with Crippen molar-refractivity contribution in [2.24, 2.45) is 10.4 Å². The zero-order valence-corrected chi connectivity index (χ0v) is 17.8. The summed E-state index contributed by atoms with van der Waals surface area (Å²) in [4.78, 5) is 16.5. The molecular formula is C18H30FIN4O. The number of benzene rings is 1. The number of nitrogens with zero attached hydrogens (tertiary/aromatic N) is 1. The molecule has 0 aromatic heterocycles. The zero-order chi connectivity index (χ0) is 18.0. The lowest BCUT2D eigenvalue weighted by atomic mass is 9.92. The number of rotatable bonds is 8. The van der Waals surface area contributed by atoms with Crippen LogP contribution in [-0.2, 0) is 11.2 Å². The van der Waals surface area contributed by atoms with E-state index in [0.29, 0.717) is 25.6 Å². The predicted octanol–water partition coefficient (Wildman–Crippen LogP) is 2.70. The van der Waals surface area contributed by atoms with E-state index in [2.05, 4.69) is 20.9 Å². The standard InChI is InChI=1S/C18H29FN4O.HI/c1-5-20-16(24)18(3,4)13-23-17(21-6-2)22-12-11-14-7-9-15(19)10-8-14;/h7-10H,5-6,11-13H2,1-4H3,(H,20,24)(H2,21,22,23);1H. The summed E-state index contributed by atoms with van der Waals surface area (Å²) >= 11 is 0. The van der Waals surface area contributed by atoms with Gasteiger partial charge in [0.2, 0.25) is 5.91 Å². The second-order valence-corrected chi connectivity index (χ2v) is 6.24. The van der Waals surface area contributed by atoms with Crippen LogP contribution in [0.3, 0.4) is 0 Å². The highest BCUT2D eigenvalue weighted by Gasteiger charge is 2.26. The molecule has 0 spiro atoms. The monoisotopic (exact) mass is 464 g/mol. The molecule has 0 aliphatic rings. The molecule has 0 bridgehead atoms. The lowest BCUT2D eigenvalue weighted by molar-refractivity contribution is -0.128. The maximum atomic E-state index is 12.9. The van der Waals surface area contributed by atoms with Gasteiger partial charge in [0.25, 0.3) is 0 Å². The summed E-state index contributed by atoms with van der Waals surface area (Å²) in [6.45, 7) is 10.1. The van der Waals surface area contributed by atoms with Crippen molar-refractivity contribution in [2.45, 2.75) is 34.1 Å². The maximum absolute atomic E-state index is 12.9. The third-order valence-corrected chi connectivity index (χ3v) is 3.55. The lowest BCUT2D eigenvalue weighted by Crippen LogP contribution is -2.42. The van der Waals surface area contributed by atoms with Crippen molar-refractivity contribution in [2.75, 3.05) is 26.2 Å². The molecule has 0 heterocycles. The Labute approximate surface area is 167 Å². The molecule has 0 radical (unpaired) electrons. The van der Waals surface area contributed by atoms with Gasteiger partial charge in [-0.05, 0) is 51.8 Å². The highest BCUT2D eigenvalue weighted by atomic mass is 127. The van der Waals surface area contributed by atoms with Gasteiger partial charge in [0.1, 0.15) is 5.82 Å². The van der Waals surface area contributed by atoms with Crippen LogP contribution < -0.4 is 16.0 Å². The van der Waals surface area contributed by atoms with Gasteiger partial charge in [-0.15, -0.1) is 24.0 Å². The van der Waals surface area contributed by atoms with Crippen molar-refractivity contribution in [3.63, 3.8) is 0 Å². The van der Waals surface area contributed by atoms with Gasteiger partial charge in [0.15, 0.2) is 5.96 Å². The van der Waals surface area contributed by atoms with Gasteiger partial charge in [0.05, 0.1) is 12.0 Å². The Bertz CT molecular complexity index is 547. The molecule has 142 valence electrons. The molecule has 0 unspecified atom stereocenters. The molecule has 1 rings (SSSR count). The number of guanidine groups is 1. The first-order valence-electron chi connectivity index (χ1n) is 8.44. The summed E-state index contributed by atoms with van der Waals surface area (Å²) in [7, 11) is 0. The van der Waals surface area contributed by atoms with Crippen molar-refractivity contribution in [3.05, 3.63) is 35.6 Å². The number of carbonyl (C=O) groups is 1. The summed E-state index contributed by atoms with van der Waals surface area (Å²) in [5.41, 5.74) is 0.498. The number of halogens is 2. The highest BCUT2D eigenvalue weighted by Crippen LogP contribution is 2.15. The average Bonchev–Trinajstić information content (AvgIpc) is 2.54. The fraction of sp³-hybridized carbons (Fsp3) is 0.556. The third-order valence-electron chi connectivity index (χ3n) is 3.55. The molecule has 1 amide bonds. The first kappa shape index (κ1) is 23.6. The molecule has 0 saturated carbocycles. The largest absolute Gasteiger partial charge is 0.357 e. The number of hydrogen-bond acceptors (Lipinski definition) is 2. The topological polar surface area (TPSA) is 65.5 Å². The smallest absolute Gasteiger partial charge is 0.227 e. The van der Waals surface area contributed by atoms with Crippen LogP contribution in [0.2, 0.25) is 0 Å². The van der Waals surface area contributed by atoms with Crippen molar-refractivity contribution in [3.8, 4) is 0 Å². The van der Waals surface area contributed by atoms with Crippen LogP contribution in [0.1, 0.15) is 33.3 Å². The maximum Gasteiger partial charge on any atom is 0.227 e. The van der Waals surface area contributed by atoms with Crippen LogP contribution in [-0.4, -0.2) is 38.0 Å². The minimum Gasteiger partial charge on any atom is -0.357 e. The Morgan fingerprint density at radius 2 is 1.68 bits per heavy atom. The van der Waals surface area contributed by atoms with Gasteiger partial charge in [0, 0.05) is 19.6 Å². The molecule has 0 saturated heterocycles. The molecule has 0 fully saturated rings. The first-order valence-corrected chi connectivity index (χ1v) is 8.44. The van der Waals surface area contributed by atoms with Gasteiger partial charge >= 0.3 is 0 Å². The second-order valence-electron chi connectivity index (χ2n) is 6.24. The Morgan fingerprint density at radius 1 is 1.08 bits per heavy atom.